The number of piperidine rings is 1. The van der Waals surface area contributed by atoms with Crippen molar-refractivity contribution in [1.29, 1.82) is 0 Å². The van der Waals surface area contributed by atoms with Gasteiger partial charge in [0.2, 0.25) is 0 Å². The van der Waals surface area contributed by atoms with Crippen molar-refractivity contribution in [2.75, 3.05) is 26.7 Å². The number of hydrogen-bond donors (Lipinski definition) is 1. The van der Waals surface area contributed by atoms with E-state index in [2.05, 4.69) is 23.1 Å². The third-order valence-corrected chi connectivity index (χ3v) is 3.96. The molecule has 1 aromatic heterocycles. The molecule has 1 saturated heterocycles. The van der Waals surface area contributed by atoms with Gasteiger partial charge in [0.05, 0.1) is 18.3 Å². The first kappa shape index (κ1) is 14.5. The highest BCUT2D eigenvalue weighted by Crippen LogP contribution is 2.24. The van der Waals surface area contributed by atoms with E-state index in [1.807, 2.05) is 10.9 Å². The lowest BCUT2D eigenvalue weighted by Crippen LogP contribution is -2.41. The van der Waals surface area contributed by atoms with Crippen molar-refractivity contribution in [1.82, 2.24) is 14.7 Å². The first-order chi connectivity index (χ1) is 9.28. The third-order valence-electron chi connectivity index (χ3n) is 3.96. The second-order valence-electron chi connectivity index (χ2n) is 5.26. The van der Waals surface area contributed by atoms with E-state index in [0.29, 0.717) is 18.7 Å². The van der Waals surface area contributed by atoms with E-state index in [1.165, 1.54) is 5.56 Å². The molecule has 0 aliphatic carbocycles. The maximum atomic E-state index is 5.98. The van der Waals surface area contributed by atoms with Crippen LogP contribution in [0.25, 0.3) is 0 Å². The fourth-order valence-electron chi connectivity index (χ4n) is 2.82. The molecule has 0 saturated carbocycles. The lowest BCUT2D eigenvalue weighted by atomic mass is 10.0. The SMILES string of the molecule is CCCn1cc(C(CN)N2CCC(OC)CC2)cn1. The summed E-state index contributed by atoms with van der Waals surface area (Å²) >= 11 is 0. The Kier molecular flexibility index (Phi) is 5.36. The minimum absolute atomic E-state index is 0.295. The molecule has 1 aromatic rings. The van der Waals surface area contributed by atoms with Gasteiger partial charge >= 0.3 is 0 Å². The number of nitrogens with zero attached hydrogens (tertiary/aromatic N) is 3. The zero-order valence-electron chi connectivity index (χ0n) is 12.1. The van der Waals surface area contributed by atoms with Gasteiger partial charge in [0, 0.05) is 45.0 Å². The monoisotopic (exact) mass is 266 g/mol. The van der Waals surface area contributed by atoms with Crippen LogP contribution >= 0.6 is 0 Å². The molecule has 19 heavy (non-hydrogen) atoms. The van der Waals surface area contributed by atoms with Crippen molar-refractivity contribution >= 4 is 0 Å². The van der Waals surface area contributed by atoms with Crippen molar-refractivity contribution in [2.45, 2.75) is 44.9 Å². The Labute approximate surface area is 115 Å². The van der Waals surface area contributed by atoms with Crippen LogP contribution in [0.15, 0.2) is 12.4 Å². The quantitative estimate of drug-likeness (QED) is 0.845. The molecule has 0 radical (unpaired) electrons. The molecule has 1 aliphatic heterocycles. The van der Waals surface area contributed by atoms with Crippen LogP contribution in [-0.2, 0) is 11.3 Å². The molecule has 5 heteroatoms. The molecule has 1 atom stereocenters. The van der Waals surface area contributed by atoms with Crippen molar-refractivity contribution in [3.8, 4) is 0 Å². The van der Waals surface area contributed by atoms with Gasteiger partial charge in [-0.05, 0) is 19.3 Å². The molecule has 2 heterocycles. The van der Waals surface area contributed by atoms with E-state index in [0.717, 1.165) is 38.9 Å². The smallest absolute Gasteiger partial charge is 0.0595 e. The molecule has 0 spiro atoms. The number of rotatable bonds is 6. The van der Waals surface area contributed by atoms with Gasteiger partial charge in [0.25, 0.3) is 0 Å². The number of likely N-dealkylation sites (tertiary alicyclic amines) is 1. The van der Waals surface area contributed by atoms with E-state index in [4.69, 9.17) is 10.5 Å². The van der Waals surface area contributed by atoms with Crippen molar-refractivity contribution in [2.24, 2.45) is 5.73 Å². The Morgan fingerprint density at radius 2 is 2.21 bits per heavy atom. The molecule has 1 fully saturated rings. The number of hydrogen-bond acceptors (Lipinski definition) is 4. The zero-order chi connectivity index (χ0) is 13.7. The first-order valence-electron chi connectivity index (χ1n) is 7.27. The molecule has 0 aromatic carbocycles. The molecule has 2 rings (SSSR count). The summed E-state index contributed by atoms with van der Waals surface area (Å²) in [4.78, 5) is 2.46. The van der Waals surface area contributed by atoms with Crippen LogP contribution < -0.4 is 5.73 Å². The highest BCUT2D eigenvalue weighted by Gasteiger charge is 2.25. The molecule has 0 bridgehead atoms. The normalized spacial score (nSPS) is 19.7. The van der Waals surface area contributed by atoms with Crippen LogP contribution in [0.4, 0.5) is 0 Å². The zero-order valence-corrected chi connectivity index (χ0v) is 12.1. The van der Waals surface area contributed by atoms with Gasteiger partial charge in [0.15, 0.2) is 0 Å². The molecule has 1 unspecified atom stereocenters. The van der Waals surface area contributed by atoms with Gasteiger partial charge in [-0.3, -0.25) is 9.58 Å². The highest BCUT2D eigenvalue weighted by atomic mass is 16.5. The summed E-state index contributed by atoms with van der Waals surface area (Å²) in [5.74, 6) is 0. The van der Waals surface area contributed by atoms with Crippen LogP contribution in [0.3, 0.4) is 0 Å². The number of ether oxygens (including phenoxy) is 1. The first-order valence-corrected chi connectivity index (χ1v) is 7.27. The predicted molar refractivity (Wildman–Crippen MR) is 75.9 cm³/mol. The van der Waals surface area contributed by atoms with Crippen molar-refractivity contribution in [3.63, 3.8) is 0 Å². The van der Waals surface area contributed by atoms with E-state index in [1.54, 1.807) is 7.11 Å². The lowest BCUT2D eigenvalue weighted by Gasteiger charge is -2.36. The van der Waals surface area contributed by atoms with E-state index < -0.39 is 0 Å². The largest absolute Gasteiger partial charge is 0.381 e. The van der Waals surface area contributed by atoms with E-state index >= 15 is 0 Å². The fraction of sp³-hybridized carbons (Fsp3) is 0.786. The summed E-state index contributed by atoms with van der Waals surface area (Å²) in [5, 5.41) is 4.41. The van der Waals surface area contributed by atoms with Crippen LogP contribution in [0, 0.1) is 0 Å². The maximum absolute atomic E-state index is 5.98. The summed E-state index contributed by atoms with van der Waals surface area (Å²) < 4.78 is 7.43. The average Bonchev–Trinajstić information content (AvgIpc) is 2.89. The standard InChI is InChI=1S/C14H26N4O/c1-3-6-18-11-12(10-16-18)14(9-15)17-7-4-13(19-2)5-8-17/h10-11,13-14H,3-9,15H2,1-2H3. The topological polar surface area (TPSA) is 56.3 Å². The highest BCUT2D eigenvalue weighted by molar-refractivity contribution is 5.11. The van der Waals surface area contributed by atoms with Gasteiger partial charge in [0.1, 0.15) is 0 Å². The van der Waals surface area contributed by atoms with Crippen molar-refractivity contribution < 1.29 is 4.74 Å². The van der Waals surface area contributed by atoms with Gasteiger partial charge in [-0.15, -0.1) is 0 Å². The molecule has 1 aliphatic rings. The minimum atomic E-state index is 0.295. The summed E-state index contributed by atoms with van der Waals surface area (Å²) in [6.07, 6.45) is 7.82. The molecular weight excluding hydrogens is 240 g/mol. The summed E-state index contributed by atoms with van der Waals surface area (Å²) in [7, 11) is 1.80. The summed E-state index contributed by atoms with van der Waals surface area (Å²) in [6, 6.07) is 0.295. The number of aromatic nitrogens is 2. The van der Waals surface area contributed by atoms with Crippen LogP contribution in [0.1, 0.15) is 37.8 Å². The van der Waals surface area contributed by atoms with Gasteiger partial charge in [-0.25, -0.2) is 0 Å². The van der Waals surface area contributed by atoms with Gasteiger partial charge < -0.3 is 10.5 Å². The Hall–Kier alpha value is -0.910. The van der Waals surface area contributed by atoms with Gasteiger partial charge in [-0.1, -0.05) is 6.92 Å². The van der Waals surface area contributed by atoms with Crippen LogP contribution in [0.5, 0.6) is 0 Å². The molecule has 5 nitrogen and oxygen atoms in total. The summed E-state index contributed by atoms with van der Waals surface area (Å²) in [6.45, 7) is 5.90. The predicted octanol–water partition coefficient (Wildman–Crippen LogP) is 1.40. The van der Waals surface area contributed by atoms with Crippen LogP contribution in [0.2, 0.25) is 0 Å². The second-order valence-corrected chi connectivity index (χ2v) is 5.26. The lowest BCUT2D eigenvalue weighted by molar-refractivity contribution is 0.0280. The Bertz CT molecular complexity index is 371. The Balaban J connectivity index is 1.99. The fourth-order valence-corrected chi connectivity index (χ4v) is 2.82. The van der Waals surface area contributed by atoms with Crippen molar-refractivity contribution in [3.05, 3.63) is 18.0 Å². The number of nitrogens with two attached hydrogens (primary N) is 1. The molecular formula is C14H26N4O. The molecule has 2 N–H and O–H groups in total. The van der Waals surface area contributed by atoms with Gasteiger partial charge in [-0.2, -0.15) is 5.10 Å². The van der Waals surface area contributed by atoms with Crippen LogP contribution in [-0.4, -0.2) is 47.5 Å². The second kappa shape index (κ2) is 7.03. The number of methoxy groups -OCH3 is 1. The minimum Gasteiger partial charge on any atom is -0.381 e. The third kappa shape index (κ3) is 3.55. The summed E-state index contributed by atoms with van der Waals surface area (Å²) in [5.41, 5.74) is 7.22. The average molecular weight is 266 g/mol. The Morgan fingerprint density at radius 1 is 1.47 bits per heavy atom. The maximum Gasteiger partial charge on any atom is 0.0595 e. The Morgan fingerprint density at radius 3 is 2.79 bits per heavy atom. The van der Waals surface area contributed by atoms with E-state index in [9.17, 15) is 0 Å². The molecule has 0 amide bonds. The molecule has 108 valence electrons. The van der Waals surface area contributed by atoms with E-state index in [-0.39, 0.29) is 0 Å². The number of aryl methyl sites for hydroxylation is 1.